The van der Waals surface area contributed by atoms with Gasteiger partial charge in [0.05, 0.1) is 0 Å². The molecule has 0 bridgehead atoms. The summed E-state index contributed by atoms with van der Waals surface area (Å²) in [5.41, 5.74) is 2.11. The second-order valence-corrected chi connectivity index (χ2v) is 10.2. The van der Waals surface area contributed by atoms with Gasteiger partial charge in [0.2, 0.25) is 0 Å². The Hall–Kier alpha value is -0.590. The average Bonchev–Trinajstić information content (AvgIpc) is 3.09. The lowest BCUT2D eigenvalue weighted by atomic mass is 9.53. The van der Waals surface area contributed by atoms with Gasteiger partial charge in [-0.3, -0.25) is 0 Å². The van der Waals surface area contributed by atoms with Gasteiger partial charge in [-0.25, -0.2) is 4.39 Å². The van der Waals surface area contributed by atoms with E-state index in [9.17, 15) is 4.39 Å². The molecule has 0 N–H and O–H groups in total. The third kappa shape index (κ3) is 2.59. The van der Waals surface area contributed by atoms with E-state index in [0.29, 0.717) is 17.3 Å². The second kappa shape index (κ2) is 6.24. The van der Waals surface area contributed by atoms with Gasteiger partial charge >= 0.3 is 0 Å². The molecule has 0 aliphatic heterocycles. The maximum atomic E-state index is 14.3. The molecule has 5 aliphatic carbocycles. The number of allylic oxidation sites excluding steroid dienone is 4. The van der Waals surface area contributed by atoms with E-state index >= 15 is 0 Å². The summed E-state index contributed by atoms with van der Waals surface area (Å²) in [7, 11) is 0. The summed E-state index contributed by atoms with van der Waals surface area (Å²) in [6.45, 7) is 2.34. The van der Waals surface area contributed by atoms with Crippen LogP contribution in [-0.2, 0) is 0 Å². The SMILES string of the molecule is CC1CCC(F)C=C(C2CC3CCC4CCC5CCC=CC5C43C2)C1. The minimum Gasteiger partial charge on any atom is -0.243 e. The average molecular weight is 343 g/mol. The van der Waals surface area contributed by atoms with Crippen molar-refractivity contribution < 1.29 is 4.39 Å². The first-order valence-corrected chi connectivity index (χ1v) is 11.2. The third-order valence-electron chi connectivity index (χ3n) is 9.05. The molecule has 0 aromatic heterocycles. The zero-order valence-electron chi connectivity index (χ0n) is 15.9. The van der Waals surface area contributed by atoms with Gasteiger partial charge in [-0.1, -0.05) is 30.7 Å². The molecule has 8 atom stereocenters. The summed E-state index contributed by atoms with van der Waals surface area (Å²) in [6.07, 6.45) is 20.9. The number of hydrogen-bond acceptors (Lipinski definition) is 0. The molecular formula is C24H35F. The second-order valence-electron chi connectivity index (χ2n) is 10.2. The zero-order chi connectivity index (χ0) is 17.0. The van der Waals surface area contributed by atoms with Crippen molar-refractivity contribution in [2.75, 3.05) is 0 Å². The highest BCUT2D eigenvalue weighted by atomic mass is 19.1. The number of fused-ring (bicyclic) bond motifs is 1. The van der Waals surface area contributed by atoms with Crippen LogP contribution in [0.1, 0.15) is 77.6 Å². The van der Waals surface area contributed by atoms with E-state index in [1.165, 1.54) is 63.4 Å². The van der Waals surface area contributed by atoms with Gasteiger partial charge in [-0.2, -0.15) is 0 Å². The molecule has 0 aromatic carbocycles. The smallest absolute Gasteiger partial charge is 0.119 e. The largest absolute Gasteiger partial charge is 0.243 e. The molecular weight excluding hydrogens is 307 g/mol. The molecule has 0 saturated heterocycles. The van der Waals surface area contributed by atoms with Crippen molar-refractivity contribution >= 4 is 0 Å². The first-order chi connectivity index (χ1) is 12.2. The van der Waals surface area contributed by atoms with Crippen LogP contribution in [0.4, 0.5) is 4.39 Å². The van der Waals surface area contributed by atoms with E-state index in [1.807, 2.05) is 0 Å². The van der Waals surface area contributed by atoms with E-state index < -0.39 is 6.17 Å². The van der Waals surface area contributed by atoms with Crippen LogP contribution in [-0.4, -0.2) is 6.17 Å². The Labute approximate surface area is 153 Å². The lowest BCUT2D eigenvalue weighted by Gasteiger charge is -2.51. The predicted molar refractivity (Wildman–Crippen MR) is 102 cm³/mol. The summed E-state index contributed by atoms with van der Waals surface area (Å²) in [5.74, 6) is 5.07. The molecule has 138 valence electrons. The fraction of sp³-hybridized carbons (Fsp3) is 0.833. The predicted octanol–water partition coefficient (Wildman–Crippen LogP) is 6.87. The van der Waals surface area contributed by atoms with Crippen molar-refractivity contribution in [2.45, 2.75) is 83.7 Å². The summed E-state index contributed by atoms with van der Waals surface area (Å²) in [6, 6.07) is 0. The van der Waals surface area contributed by atoms with Crippen molar-refractivity contribution in [3.8, 4) is 0 Å². The van der Waals surface area contributed by atoms with Crippen LogP contribution in [0.25, 0.3) is 0 Å². The van der Waals surface area contributed by atoms with Crippen LogP contribution in [0.2, 0.25) is 0 Å². The quantitative estimate of drug-likeness (QED) is 0.456. The summed E-state index contributed by atoms with van der Waals surface area (Å²) < 4.78 is 14.3. The minimum atomic E-state index is -0.678. The highest BCUT2D eigenvalue weighted by Gasteiger charge is 2.61. The van der Waals surface area contributed by atoms with Crippen LogP contribution in [0.5, 0.6) is 0 Å². The first-order valence-electron chi connectivity index (χ1n) is 11.2. The van der Waals surface area contributed by atoms with Gasteiger partial charge < -0.3 is 0 Å². The number of rotatable bonds is 1. The molecule has 0 radical (unpaired) electrons. The molecule has 0 heterocycles. The van der Waals surface area contributed by atoms with E-state index in [1.54, 1.807) is 0 Å². The highest BCUT2D eigenvalue weighted by molar-refractivity contribution is 5.22. The van der Waals surface area contributed by atoms with Crippen LogP contribution < -0.4 is 0 Å². The normalized spacial score (nSPS) is 52.1. The molecule has 5 aliphatic rings. The zero-order valence-corrected chi connectivity index (χ0v) is 15.9. The Morgan fingerprint density at radius 3 is 2.76 bits per heavy atom. The van der Waals surface area contributed by atoms with Crippen molar-refractivity contribution in [3.05, 3.63) is 23.8 Å². The molecule has 3 fully saturated rings. The molecule has 0 aromatic rings. The van der Waals surface area contributed by atoms with Crippen LogP contribution >= 0.6 is 0 Å². The molecule has 25 heavy (non-hydrogen) atoms. The lowest BCUT2D eigenvalue weighted by molar-refractivity contribution is 0.00380. The van der Waals surface area contributed by atoms with Crippen molar-refractivity contribution in [3.63, 3.8) is 0 Å². The summed E-state index contributed by atoms with van der Waals surface area (Å²) >= 11 is 0. The van der Waals surface area contributed by atoms with E-state index in [0.717, 1.165) is 36.5 Å². The van der Waals surface area contributed by atoms with Crippen molar-refractivity contribution in [1.29, 1.82) is 0 Å². The van der Waals surface area contributed by atoms with E-state index in [-0.39, 0.29) is 0 Å². The Morgan fingerprint density at radius 2 is 1.84 bits per heavy atom. The first kappa shape index (κ1) is 16.6. The molecule has 0 nitrogen and oxygen atoms in total. The fourth-order valence-corrected chi connectivity index (χ4v) is 8.05. The van der Waals surface area contributed by atoms with Gasteiger partial charge in [-0.15, -0.1) is 0 Å². The van der Waals surface area contributed by atoms with Gasteiger partial charge in [-0.05, 0) is 112 Å². The highest BCUT2D eigenvalue weighted by Crippen LogP contribution is 2.69. The van der Waals surface area contributed by atoms with E-state index in [4.69, 9.17) is 0 Å². The van der Waals surface area contributed by atoms with Gasteiger partial charge in [0.15, 0.2) is 0 Å². The molecule has 8 unspecified atom stereocenters. The standard InChI is InChI=1S/C24H35F/c1-16-6-11-22(25)14-18(12-16)19-13-21-10-9-20-8-7-17-4-2-3-5-23(17)24(20,21)15-19/h3,5,14,16-17,19-23H,2,4,6-13,15H2,1H3. The number of halogens is 1. The Kier molecular flexibility index (Phi) is 4.14. The van der Waals surface area contributed by atoms with Gasteiger partial charge in [0, 0.05) is 0 Å². The maximum absolute atomic E-state index is 14.3. The van der Waals surface area contributed by atoms with Crippen LogP contribution in [0.3, 0.4) is 0 Å². The Morgan fingerprint density at radius 1 is 1.00 bits per heavy atom. The van der Waals surface area contributed by atoms with Crippen LogP contribution in [0.15, 0.2) is 23.8 Å². The third-order valence-corrected chi connectivity index (χ3v) is 9.05. The van der Waals surface area contributed by atoms with Crippen molar-refractivity contribution in [2.24, 2.45) is 40.9 Å². The maximum Gasteiger partial charge on any atom is 0.119 e. The number of alkyl halides is 1. The molecule has 1 spiro atoms. The van der Waals surface area contributed by atoms with E-state index in [2.05, 4.69) is 25.2 Å². The van der Waals surface area contributed by atoms with Gasteiger partial charge in [0.25, 0.3) is 0 Å². The molecule has 5 rings (SSSR count). The number of hydrogen-bond donors (Lipinski definition) is 0. The van der Waals surface area contributed by atoms with Crippen molar-refractivity contribution in [1.82, 2.24) is 0 Å². The topological polar surface area (TPSA) is 0 Å². The van der Waals surface area contributed by atoms with Gasteiger partial charge in [0.1, 0.15) is 6.17 Å². The monoisotopic (exact) mass is 342 g/mol. The lowest BCUT2D eigenvalue weighted by Crippen LogP contribution is -2.44. The molecule has 1 heteroatoms. The molecule has 0 amide bonds. The fourth-order valence-electron chi connectivity index (χ4n) is 8.05. The van der Waals surface area contributed by atoms with Crippen LogP contribution in [0, 0.1) is 40.9 Å². The summed E-state index contributed by atoms with van der Waals surface area (Å²) in [4.78, 5) is 0. The Balaban J connectivity index is 1.46. The Bertz CT molecular complexity index is 575. The summed E-state index contributed by atoms with van der Waals surface area (Å²) in [5, 5.41) is 0. The minimum absolute atomic E-state index is 0.590. The molecule has 3 saturated carbocycles.